The maximum Gasteiger partial charge on any atom is 0.407 e. The van der Waals surface area contributed by atoms with Crippen molar-refractivity contribution >= 4 is 23.3 Å². The fraction of sp³-hybridized carbons (Fsp3) is 0.500. The molecule has 2 rings (SSSR count). The minimum Gasteiger partial charge on any atom is -0.444 e. The lowest BCUT2D eigenvalue weighted by atomic mass is 10.2. The van der Waals surface area contributed by atoms with Crippen LogP contribution in [0, 0.1) is 0 Å². The van der Waals surface area contributed by atoms with Crippen LogP contribution in [0.25, 0.3) is 0 Å². The number of carbonyl (C=O) groups excluding carboxylic acids is 1. The van der Waals surface area contributed by atoms with Crippen LogP contribution in [0.5, 0.6) is 0 Å². The van der Waals surface area contributed by atoms with Gasteiger partial charge in [-0.15, -0.1) is 11.3 Å². The third kappa shape index (κ3) is 6.32. The van der Waals surface area contributed by atoms with Gasteiger partial charge in [0.05, 0.1) is 4.88 Å². The Morgan fingerprint density at radius 2 is 2.26 bits per heavy atom. The van der Waals surface area contributed by atoms with Crippen LogP contribution in [0.15, 0.2) is 34.3 Å². The summed E-state index contributed by atoms with van der Waals surface area (Å²) in [5, 5.41) is 8.61. The van der Waals surface area contributed by atoms with Gasteiger partial charge < -0.3 is 20.6 Å². The first kappa shape index (κ1) is 17.3. The highest BCUT2D eigenvalue weighted by Crippen LogP contribution is 2.28. The lowest BCUT2D eigenvalue weighted by molar-refractivity contribution is 0.0527. The van der Waals surface area contributed by atoms with Crippen LogP contribution in [-0.4, -0.2) is 30.2 Å². The summed E-state index contributed by atoms with van der Waals surface area (Å²) in [4.78, 5) is 17.7. The largest absolute Gasteiger partial charge is 0.444 e. The number of nitrogens with one attached hydrogen (secondary N) is 1. The van der Waals surface area contributed by atoms with E-state index in [2.05, 4.69) is 10.5 Å². The van der Waals surface area contributed by atoms with Crippen LogP contribution in [-0.2, 0) is 9.57 Å². The Morgan fingerprint density at radius 3 is 2.91 bits per heavy atom. The van der Waals surface area contributed by atoms with Crippen molar-refractivity contribution in [2.45, 2.75) is 45.3 Å². The highest BCUT2D eigenvalue weighted by atomic mass is 32.1. The molecule has 1 heterocycles. The summed E-state index contributed by atoms with van der Waals surface area (Å²) >= 11 is 1.52. The van der Waals surface area contributed by atoms with E-state index in [1.807, 2.05) is 44.4 Å². The standard InChI is InChI=1S/C16H23N3O3S/c1-16(2,3)21-15(20)18-8-4-6-11-10-12(11)22-19-14(17)13-7-5-9-23-13/h5,7,9-10,12H,4,6,8H2,1-3H3,(H2,17,19)(H,18,20). The fourth-order valence-electron chi connectivity index (χ4n) is 1.85. The zero-order chi connectivity index (χ0) is 16.9. The van der Waals surface area contributed by atoms with Gasteiger partial charge in [0.2, 0.25) is 0 Å². The average Bonchev–Trinajstić information content (AvgIpc) is 2.96. The maximum absolute atomic E-state index is 11.5. The molecule has 7 heteroatoms. The Morgan fingerprint density at radius 1 is 1.48 bits per heavy atom. The lowest BCUT2D eigenvalue weighted by Gasteiger charge is -2.19. The molecule has 3 N–H and O–H groups in total. The summed E-state index contributed by atoms with van der Waals surface area (Å²) in [6.07, 6.45) is 3.24. The predicted molar refractivity (Wildman–Crippen MR) is 91.5 cm³/mol. The van der Waals surface area contributed by atoms with Crippen molar-refractivity contribution in [1.29, 1.82) is 0 Å². The number of nitrogens with two attached hydrogens (primary N) is 1. The van der Waals surface area contributed by atoms with Gasteiger partial charge in [-0.25, -0.2) is 4.79 Å². The summed E-state index contributed by atoms with van der Waals surface area (Å²) in [5.74, 6) is 0.395. The first-order valence-corrected chi connectivity index (χ1v) is 8.44. The van der Waals surface area contributed by atoms with E-state index in [9.17, 15) is 4.79 Å². The SMILES string of the molecule is CC(C)(C)OC(=O)NCCCC1=CC1O/N=C(\N)c1cccs1. The van der Waals surface area contributed by atoms with Crippen LogP contribution in [0.1, 0.15) is 38.5 Å². The molecule has 0 saturated carbocycles. The summed E-state index contributed by atoms with van der Waals surface area (Å²) in [5.41, 5.74) is 6.53. The van der Waals surface area contributed by atoms with Crippen molar-refractivity contribution in [3.8, 4) is 0 Å². The molecular weight excluding hydrogens is 314 g/mol. The van der Waals surface area contributed by atoms with Crippen molar-refractivity contribution in [3.63, 3.8) is 0 Å². The highest BCUT2D eigenvalue weighted by Gasteiger charge is 2.26. The number of oxime groups is 1. The fourth-order valence-corrected chi connectivity index (χ4v) is 2.47. The van der Waals surface area contributed by atoms with Gasteiger partial charge in [0.1, 0.15) is 5.60 Å². The molecule has 6 nitrogen and oxygen atoms in total. The van der Waals surface area contributed by atoms with Gasteiger partial charge in [-0.05, 0) is 56.7 Å². The number of amidine groups is 1. The van der Waals surface area contributed by atoms with Gasteiger partial charge in [-0.3, -0.25) is 0 Å². The number of rotatable bonds is 7. The monoisotopic (exact) mass is 337 g/mol. The van der Waals surface area contributed by atoms with Crippen molar-refractivity contribution < 1.29 is 14.4 Å². The Bertz CT molecular complexity index is 588. The molecular formula is C16H23N3O3S. The third-order valence-corrected chi connectivity index (χ3v) is 3.86. The van der Waals surface area contributed by atoms with Gasteiger partial charge in [0.25, 0.3) is 0 Å². The molecule has 1 aliphatic rings. The van der Waals surface area contributed by atoms with Crippen molar-refractivity contribution in [1.82, 2.24) is 5.32 Å². The van der Waals surface area contributed by atoms with E-state index in [0.717, 1.165) is 17.7 Å². The zero-order valence-electron chi connectivity index (χ0n) is 13.7. The molecule has 0 radical (unpaired) electrons. The second-order valence-electron chi connectivity index (χ2n) is 6.25. The topological polar surface area (TPSA) is 85.9 Å². The first-order chi connectivity index (χ1) is 10.8. The van der Waals surface area contributed by atoms with Crippen LogP contribution < -0.4 is 11.1 Å². The Kier molecular flexibility index (Phi) is 5.65. The number of thiophene rings is 1. The minimum absolute atomic E-state index is 0.0601. The van der Waals surface area contributed by atoms with Gasteiger partial charge in [-0.1, -0.05) is 11.2 Å². The molecule has 0 bridgehead atoms. The normalized spacial score (nSPS) is 17.4. The zero-order valence-corrected chi connectivity index (χ0v) is 14.5. The highest BCUT2D eigenvalue weighted by molar-refractivity contribution is 7.12. The Labute approximate surface area is 140 Å². The van der Waals surface area contributed by atoms with Gasteiger partial charge >= 0.3 is 6.09 Å². The first-order valence-electron chi connectivity index (χ1n) is 7.56. The molecule has 126 valence electrons. The summed E-state index contributed by atoms with van der Waals surface area (Å²) in [6.45, 7) is 6.09. The molecule has 23 heavy (non-hydrogen) atoms. The minimum atomic E-state index is -0.470. The van der Waals surface area contributed by atoms with Gasteiger partial charge in [0, 0.05) is 6.54 Å². The Balaban J connectivity index is 1.56. The average molecular weight is 337 g/mol. The van der Waals surface area contributed by atoms with E-state index in [1.54, 1.807) is 0 Å². The van der Waals surface area contributed by atoms with Gasteiger partial charge in [-0.2, -0.15) is 0 Å². The molecule has 1 atom stereocenters. The molecule has 1 aromatic heterocycles. The van der Waals surface area contributed by atoms with Crippen LogP contribution in [0.4, 0.5) is 4.79 Å². The molecule has 0 saturated heterocycles. The van der Waals surface area contributed by atoms with E-state index < -0.39 is 5.60 Å². The quantitative estimate of drug-likeness (QED) is 0.263. The maximum atomic E-state index is 11.5. The summed E-state index contributed by atoms with van der Waals surface area (Å²) < 4.78 is 5.16. The number of carbonyl (C=O) groups is 1. The van der Waals surface area contributed by atoms with Crippen LogP contribution in [0.2, 0.25) is 0 Å². The van der Waals surface area contributed by atoms with Crippen molar-refractivity contribution in [3.05, 3.63) is 34.0 Å². The predicted octanol–water partition coefficient (Wildman–Crippen LogP) is 3.00. The van der Waals surface area contributed by atoms with E-state index >= 15 is 0 Å². The Hall–Kier alpha value is -2.02. The number of hydrogen-bond acceptors (Lipinski definition) is 5. The van der Waals surface area contributed by atoms with Crippen LogP contribution in [0.3, 0.4) is 0 Å². The molecule has 0 spiro atoms. The third-order valence-electron chi connectivity index (χ3n) is 2.97. The molecule has 1 aliphatic carbocycles. The summed E-state index contributed by atoms with van der Waals surface area (Å²) in [7, 11) is 0. The number of alkyl carbamates (subject to hydrolysis) is 1. The molecule has 0 aromatic carbocycles. The van der Waals surface area contributed by atoms with Crippen molar-refractivity contribution in [2.75, 3.05) is 6.54 Å². The molecule has 0 aliphatic heterocycles. The van der Waals surface area contributed by atoms with Crippen LogP contribution >= 0.6 is 11.3 Å². The number of ether oxygens (including phenoxy) is 1. The number of hydrogen-bond donors (Lipinski definition) is 2. The number of nitrogens with zero attached hydrogens (tertiary/aromatic N) is 1. The molecule has 1 unspecified atom stereocenters. The van der Waals surface area contributed by atoms with E-state index in [4.69, 9.17) is 15.3 Å². The van der Waals surface area contributed by atoms with Gasteiger partial charge in [0.15, 0.2) is 11.9 Å². The smallest absolute Gasteiger partial charge is 0.407 e. The van der Waals surface area contributed by atoms with E-state index in [1.165, 1.54) is 16.9 Å². The second kappa shape index (κ2) is 7.50. The number of amides is 1. The lowest BCUT2D eigenvalue weighted by Crippen LogP contribution is -2.33. The van der Waals surface area contributed by atoms with Crippen molar-refractivity contribution in [2.24, 2.45) is 10.9 Å². The molecule has 1 amide bonds. The van der Waals surface area contributed by atoms with E-state index in [0.29, 0.717) is 12.4 Å². The summed E-state index contributed by atoms with van der Waals surface area (Å²) in [6, 6.07) is 3.82. The van der Waals surface area contributed by atoms with E-state index in [-0.39, 0.29) is 12.2 Å². The molecule has 0 fully saturated rings. The second-order valence-corrected chi connectivity index (χ2v) is 7.20. The molecule has 1 aromatic rings.